The van der Waals surface area contributed by atoms with Crippen molar-refractivity contribution in [2.24, 2.45) is 0 Å². The molecule has 0 aliphatic carbocycles. The van der Waals surface area contributed by atoms with Crippen LogP contribution in [-0.2, 0) is 0 Å². The average molecular weight is 262 g/mol. The third kappa shape index (κ3) is 3.07. The maximum absolute atomic E-state index is 12.0. The molecule has 0 amide bonds. The van der Waals surface area contributed by atoms with Gasteiger partial charge in [0.05, 0.1) is 12.2 Å². The molecular weight excluding hydrogens is 240 g/mol. The van der Waals surface area contributed by atoms with Gasteiger partial charge >= 0.3 is 0 Å². The van der Waals surface area contributed by atoms with Gasteiger partial charge in [0.25, 0.3) is 0 Å². The van der Waals surface area contributed by atoms with Gasteiger partial charge in [-0.25, -0.2) is 0 Å². The highest BCUT2D eigenvalue weighted by Crippen LogP contribution is 2.36. The number of nitrogens with zero attached hydrogens (tertiary/aromatic N) is 1. The van der Waals surface area contributed by atoms with Gasteiger partial charge in [0.2, 0.25) is 0 Å². The van der Waals surface area contributed by atoms with Gasteiger partial charge in [0, 0.05) is 25.6 Å². The summed E-state index contributed by atoms with van der Waals surface area (Å²) >= 11 is 0. The van der Waals surface area contributed by atoms with E-state index >= 15 is 0 Å². The molecule has 1 N–H and O–H groups in total. The predicted octanol–water partition coefficient (Wildman–Crippen LogP) is 2.09. The van der Waals surface area contributed by atoms with E-state index in [9.17, 15) is 4.79 Å². The normalized spacial score (nSPS) is 16.7. The van der Waals surface area contributed by atoms with Gasteiger partial charge in [0.1, 0.15) is 11.4 Å². The van der Waals surface area contributed by atoms with Crippen LogP contribution in [0, 0.1) is 0 Å². The Bertz CT molecular complexity index is 483. The number of ether oxygens (including phenoxy) is 1. The summed E-state index contributed by atoms with van der Waals surface area (Å²) in [5.41, 5.74) is 1.55. The number of Topliss-reactive ketones (excluding diaryl/α,β-unsaturated/α-hetero) is 1. The van der Waals surface area contributed by atoms with Crippen molar-refractivity contribution < 1.29 is 9.53 Å². The first-order chi connectivity index (χ1) is 8.93. The number of carbonyl (C=O) groups excluding carboxylic acids is 1. The largest absolute Gasteiger partial charge is 0.484 e. The summed E-state index contributed by atoms with van der Waals surface area (Å²) in [6.07, 6.45) is 0.519. The molecule has 4 heteroatoms. The van der Waals surface area contributed by atoms with Crippen molar-refractivity contribution in [3.05, 3.63) is 23.8 Å². The quantitative estimate of drug-likeness (QED) is 0.844. The van der Waals surface area contributed by atoms with Crippen LogP contribution < -0.4 is 15.0 Å². The van der Waals surface area contributed by atoms with Crippen molar-refractivity contribution in [2.75, 3.05) is 32.1 Å². The zero-order valence-corrected chi connectivity index (χ0v) is 12.1. The summed E-state index contributed by atoms with van der Waals surface area (Å²) in [6, 6.07) is 5.69. The van der Waals surface area contributed by atoms with Gasteiger partial charge in [0.15, 0.2) is 5.78 Å². The summed E-state index contributed by atoms with van der Waals surface area (Å²) in [7, 11) is 3.88. The van der Waals surface area contributed by atoms with Gasteiger partial charge in [-0.1, -0.05) is 0 Å². The van der Waals surface area contributed by atoms with Crippen LogP contribution in [0.15, 0.2) is 18.2 Å². The van der Waals surface area contributed by atoms with Crippen LogP contribution in [-0.4, -0.2) is 38.6 Å². The Morgan fingerprint density at radius 2 is 2.21 bits per heavy atom. The highest BCUT2D eigenvalue weighted by Gasteiger charge is 2.30. The van der Waals surface area contributed by atoms with E-state index < -0.39 is 0 Å². The van der Waals surface area contributed by atoms with Crippen molar-refractivity contribution in [1.82, 2.24) is 5.32 Å². The van der Waals surface area contributed by atoms with Crippen LogP contribution in [0.25, 0.3) is 0 Å². The lowest BCUT2D eigenvalue weighted by atomic mass is 10.0. The molecule has 1 aliphatic heterocycles. The second-order valence-corrected chi connectivity index (χ2v) is 5.68. The van der Waals surface area contributed by atoms with Crippen molar-refractivity contribution in [1.29, 1.82) is 0 Å². The summed E-state index contributed by atoms with van der Waals surface area (Å²) in [4.78, 5) is 14.2. The van der Waals surface area contributed by atoms with E-state index in [0.29, 0.717) is 13.0 Å². The molecule has 19 heavy (non-hydrogen) atoms. The van der Waals surface area contributed by atoms with Crippen LogP contribution in [0.4, 0.5) is 5.69 Å². The Hall–Kier alpha value is -1.55. The number of carbonyl (C=O) groups is 1. The first-order valence-corrected chi connectivity index (χ1v) is 6.65. The van der Waals surface area contributed by atoms with Crippen LogP contribution >= 0.6 is 0 Å². The number of anilines is 1. The lowest BCUT2D eigenvalue weighted by molar-refractivity contribution is 0.0982. The van der Waals surface area contributed by atoms with Gasteiger partial charge in [-0.05, 0) is 39.1 Å². The SMILES string of the molecule is CNCCC(=O)c1ccc2c(c1)N(C)CC(C)(C)O2. The Balaban J connectivity index is 2.24. The summed E-state index contributed by atoms with van der Waals surface area (Å²) < 4.78 is 5.94. The number of hydrogen-bond donors (Lipinski definition) is 1. The van der Waals surface area contributed by atoms with Gasteiger partial charge in [-0.2, -0.15) is 0 Å². The zero-order valence-electron chi connectivity index (χ0n) is 12.1. The molecule has 0 aromatic heterocycles. The molecular formula is C15H22N2O2. The third-order valence-corrected chi connectivity index (χ3v) is 3.30. The lowest BCUT2D eigenvalue weighted by Gasteiger charge is -2.39. The van der Waals surface area contributed by atoms with Crippen LogP contribution in [0.5, 0.6) is 5.75 Å². The van der Waals surface area contributed by atoms with E-state index in [1.807, 2.05) is 32.3 Å². The molecule has 1 aromatic carbocycles. The molecule has 0 fully saturated rings. The number of hydrogen-bond acceptors (Lipinski definition) is 4. The molecule has 104 valence electrons. The second-order valence-electron chi connectivity index (χ2n) is 5.68. The lowest BCUT2D eigenvalue weighted by Crippen LogP contribution is -2.45. The molecule has 0 radical (unpaired) electrons. The molecule has 1 aromatic rings. The fourth-order valence-electron chi connectivity index (χ4n) is 2.44. The number of likely N-dealkylation sites (N-methyl/N-ethyl adjacent to an activating group) is 1. The predicted molar refractivity (Wildman–Crippen MR) is 77.3 cm³/mol. The summed E-state index contributed by atoms with van der Waals surface area (Å²) in [5, 5.41) is 2.99. The fourth-order valence-corrected chi connectivity index (χ4v) is 2.44. The van der Waals surface area contributed by atoms with E-state index in [0.717, 1.165) is 23.5 Å². The minimum Gasteiger partial charge on any atom is -0.484 e. The number of benzene rings is 1. The maximum atomic E-state index is 12.0. The Morgan fingerprint density at radius 1 is 1.47 bits per heavy atom. The first kappa shape index (κ1) is 13.9. The van der Waals surface area contributed by atoms with Crippen LogP contribution in [0.1, 0.15) is 30.6 Å². The molecule has 0 atom stereocenters. The molecule has 1 heterocycles. The molecule has 4 nitrogen and oxygen atoms in total. The average Bonchev–Trinajstić information content (AvgIpc) is 2.34. The molecule has 0 saturated carbocycles. The van der Waals surface area contributed by atoms with E-state index in [-0.39, 0.29) is 11.4 Å². The third-order valence-electron chi connectivity index (χ3n) is 3.30. The van der Waals surface area contributed by atoms with E-state index in [1.165, 1.54) is 0 Å². The Labute approximate surface area is 114 Å². The Kier molecular flexibility index (Phi) is 3.80. The minimum atomic E-state index is -0.195. The number of rotatable bonds is 4. The molecule has 0 saturated heterocycles. The second kappa shape index (κ2) is 5.21. The van der Waals surface area contributed by atoms with Crippen molar-refractivity contribution >= 4 is 11.5 Å². The van der Waals surface area contributed by atoms with E-state index in [4.69, 9.17) is 4.74 Å². The smallest absolute Gasteiger partial charge is 0.164 e. The van der Waals surface area contributed by atoms with Crippen LogP contribution in [0.3, 0.4) is 0 Å². The van der Waals surface area contributed by atoms with Crippen molar-refractivity contribution in [2.45, 2.75) is 25.9 Å². The summed E-state index contributed by atoms with van der Waals surface area (Å²) in [6.45, 7) is 5.65. The summed E-state index contributed by atoms with van der Waals surface area (Å²) in [5.74, 6) is 1.01. The van der Waals surface area contributed by atoms with Crippen molar-refractivity contribution in [3.63, 3.8) is 0 Å². The van der Waals surface area contributed by atoms with E-state index in [1.54, 1.807) is 0 Å². The molecule has 0 unspecified atom stereocenters. The maximum Gasteiger partial charge on any atom is 0.164 e. The van der Waals surface area contributed by atoms with Gasteiger partial charge < -0.3 is 15.0 Å². The first-order valence-electron chi connectivity index (χ1n) is 6.65. The topological polar surface area (TPSA) is 41.6 Å². The highest BCUT2D eigenvalue weighted by atomic mass is 16.5. The van der Waals surface area contributed by atoms with Crippen LogP contribution in [0.2, 0.25) is 0 Å². The molecule has 2 rings (SSSR count). The van der Waals surface area contributed by atoms with Gasteiger partial charge in [-0.3, -0.25) is 4.79 Å². The minimum absolute atomic E-state index is 0.162. The number of fused-ring (bicyclic) bond motifs is 1. The number of ketones is 1. The van der Waals surface area contributed by atoms with E-state index in [2.05, 4.69) is 24.1 Å². The molecule has 0 spiro atoms. The Morgan fingerprint density at radius 3 is 2.89 bits per heavy atom. The van der Waals surface area contributed by atoms with Gasteiger partial charge in [-0.15, -0.1) is 0 Å². The van der Waals surface area contributed by atoms with Crippen molar-refractivity contribution in [3.8, 4) is 5.75 Å². The standard InChI is InChI=1S/C15H22N2O2/c1-15(2)10-17(4)12-9-11(5-6-14(12)19-15)13(18)7-8-16-3/h5-6,9,16H,7-8,10H2,1-4H3. The highest BCUT2D eigenvalue weighted by molar-refractivity contribution is 5.97. The zero-order chi connectivity index (χ0) is 14.0. The molecule has 0 bridgehead atoms. The molecule has 1 aliphatic rings. The monoisotopic (exact) mass is 262 g/mol. The number of nitrogens with one attached hydrogen (secondary N) is 1. The fraction of sp³-hybridized carbons (Fsp3) is 0.533.